The number of benzene rings is 2. The van der Waals surface area contributed by atoms with Gasteiger partial charge >= 0.3 is 0 Å². The zero-order chi connectivity index (χ0) is 18.1. The second-order valence-electron chi connectivity index (χ2n) is 6.42. The summed E-state index contributed by atoms with van der Waals surface area (Å²) >= 11 is 0. The van der Waals surface area contributed by atoms with Crippen LogP contribution in [0.25, 0.3) is 11.0 Å². The van der Waals surface area contributed by atoms with E-state index in [9.17, 15) is 9.59 Å². The highest BCUT2D eigenvalue weighted by molar-refractivity contribution is 5.96. The van der Waals surface area contributed by atoms with Gasteiger partial charge in [0.2, 0.25) is 0 Å². The number of rotatable bonds is 3. The van der Waals surface area contributed by atoms with Crippen molar-refractivity contribution in [1.29, 1.82) is 0 Å². The lowest BCUT2D eigenvalue weighted by molar-refractivity contribution is 0.0706. The number of para-hydroxylation sites is 1. The maximum absolute atomic E-state index is 12.6. The molecule has 0 bridgehead atoms. The topological polar surface area (TPSA) is 91.6 Å². The molecule has 0 radical (unpaired) electrons. The van der Waals surface area contributed by atoms with Gasteiger partial charge in [-0.3, -0.25) is 14.8 Å². The maximum atomic E-state index is 12.6. The Bertz CT molecular complexity index is 959. The largest absolute Gasteiger partial charge is 0.451 e. The van der Waals surface area contributed by atoms with E-state index >= 15 is 0 Å². The van der Waals surface area contributed by atoms with Gasteiger partial charge in [0.25, 0.3) is 11.8 Å². The Hall–Kier alpha value is -3.12. The van der Waals surface area contributed by atoms with E-state index in [0.29, 0.717) is 11.1 Å². The third kappa shape index (κ3) is 2.95. The highest BCUT2D eigenvalue weighted by Crippen LogP contribution is 2.31. The van der Waals surface area contributed by atoms with Crippen LogP contribution in [0.2, 0.25) is 0 Å². The number of hydrogen-bond acceptors (Lipinski definition) is 4. The number of nitrogens with one attached hydrogen (secondary N) is 2. The van der Waals surface area contributed by atoms with Crippen LogP contribution in [0.15, 0.2) is 52.9 Å². The summed E-state index contributed by atoms with van der Waals surface area (Å²) in [5, 5.41) is 12.7. The molecule has 0 spiro atoms. The summed E-state index contributed by atoms with van der Waals surface area (Å²) in [7, 11) is 0. The first-order valence-electron chi connectivity index (χ1n) is 8.52. The van der Waals surface area contributed by atoms with Crippen molar-refractivity contribution in [3.8, 4) is 0 Å². The average Bonchev–Trinajstić information content (AvgIpc) is 3.11. The highest BCUT2D eigenvalue weighted by atomic mass is 16.5. The molecule has 1 aliphatic rings. The molecule has 1 aromatic heterocycles. The van der Waals surface area contributed by atoms with Crippen LogP contribution in [0, 0.1) is 0 Å². The Morgan fingerprint density at radius 2 is 1.92 bits per heavy atom. The molecule has 4 rings (SSSR count). The quantitative estimate of drug-likeness (QED) is 0.499. The molecule has 132 valence electrons. The molecule has 2 amide bonds. The molecule has 6 nitrogen and oxygen atoms in total. The van der Waals surface area contributed by atoms with Gasteiger partial charge in [-0.05, 0) is 54.7 Å². The van der Waals surface area contributed by atoms with Gasteiger partial charge in [-0.2, -0.15) is 0 Å². The van der Waals surface area contributed by atoms with E-state index in [-0.39, 0.29) is 17.7 Å². The maximum Gasteiger partial charge on any atom is 0.287 e. The number of fused-ring (bicyclic) bond motifs is 2. The Labute approximate surface area is 149 Å². The number of carbonyl (C=O) groups is 2. The fourth-order valence-corrected chi connectivity index (χ4v) is 3.49. The van der Waals surface area contributed by atoms with Crippen molar-refractivity contribution in [1.82, 2.24) is 10.8 Å². The van der Waals surface area contributed by atoms with E-state index in [1.807, 2.05) is 30.3 Å². The van der Waals surface area contributed by atoms with Crippen LogP contribution in [-0.4, -0.2) is 17.0 Å². The van der Waals surface area contributed by atoms with Crippen LogP contribution in [0.5, 0.6) is 0 Å². The minimum absolute atomic E-state index is 0.134. The van der Waals surface area contributed by atoms with E-state index < -0.39 is 5.91 Å². The Morgan fingerprint density at radius 1 is 1.08 bits per heavy atom. The highest BCUT2D eigenvalue weighted by Gasteiger charge is 2.24. The van der Waals surface area contributed by atoms with E-state index in [4.69, 9.17) is 9.62 Å². The molecule has 1 unspecified atom stereocenters. The van der Waals surface area contributed by atoms with Crippen LogP contribution in [0.3, 0.4) is 0 Å². The van der Waals surface area contributed by atoms with Crippen molar-refractivity contribution in [2.75, 3.05) is 0 Å². The van der Waals surface area contributed by atoms with Crippen LogP contribution in [-0.2, 0) is 6.42 Å². The van der Waals surface area contributed by atoms with Gasteiger partial charge in [0.15, 0.2) is 5.76 Å². The van der Waals surface area contributed by atoms with Gasteiger partial charge in [-0.25, -0.2) is 5.48 Å². The first-order chi connectivity index (χ1) is 12.7. The molecule has 6 heteroatoms. The number of aryl methyl sites for hydroxylation is 1. The first kappa shape index (κ1) is 16.4. The van der Waals surface area contributed by atoms with Gasteiger partial charge in [0.05, 0.1) is 6.04 Å². The third-order valence-electron chi connectivity index (χ3n) is 4.78. The summed E-state index contributed by atoms with van der Waals surface area (Å²) < 4.78 is 5.63. The lowest BCUT2D eigenvalue weighted by atomic mass is 9.86. The number of hydroxylamine groups is 1. The first-order valence-corrected chi connectivity index (χ1v) is 8.52. The second-order valence-corrected chi connectivity index (χ2v) is 6.42. The predicted molar refractivity (Wildman–Crippen MR) is 95.1 cm³/mol. The molecule has 0 fully saturated rings. The average molecular weight is 350 g/mol. The van der Waals surface area contributed by atoms with E-state index in [1.54, 1.807) is 23.7 Å². The molecule has 3 aromatic rings. The van der Waals surface area contributed by atoms with Crippen molar-refractivity contribution in [3.05, 3.63) is 71.0 Å². The van der Waals surface area contributed by atoms with Crippen molar-refractivity contribution >= 4 is 22.8 Å². The van der Waals surface area contributed by atoms with Gasteiger partial charge < -0.3 is 9.73 Å². The van der Waals surface area contributed by atoms with Gasteiger partial charge in [-0.1, -0.05) is 24.3 Å². The smallest absolute Gasteiger partial charge is 0.287 e. The second kappa shape index (κ2) is 6.65. The fraction of sp³-hybridized carbons (Fsp3) is 0.200. The molecule has 1 heterocycles. The zero-order valence-electron chi connectivity index (χ0n) is 14.0. The normalized spacial score (nSPS) is 16.1. The number of carbonyl (C=O) groups excluding carboxylic acids is 2. The molecule has 1 atom stereocenters. The third-order valence-corrected chi connectivity index (χ3v) is 4.78. The Balaban J connectivity index is 1.57. The van der Waals surface area contributed by atoms with Gasteiger partial charge in [0.1, 0.15) is 5.58 Å². The van der Waals surface area contributed by atoms with Gasteiger partial charge in [-0.15, -0.1) is 0 Å². The van der Waals surface area contributed by atoms with E-state index in [2.05, 4.69) is 5.32 Å². The minimum Gasteiger partial charge on any atom is -0.451 e. The molecule has 0 aliphatic heterocycles. The minimum atomic E-state index is -0.541. The van der Waals surface area contributed by atoms with E-state index in [1.165, 1.54) is 0 Å². The zero-order valence-corrected chi connectivity index (χ0v) is 14.0. The fourth-order valence-electron chi connectivity index (χ4n) is 3.49. The summed E-state index contributed by atoms with van der Waals surface area (Å²) in [6, 6.07) is 14.4. The summed E-state index contributed by atoms with van der Waals surface area (Å²) in [5.41, 5.74) is 4.73. The monoisotopic (exact) mass is 350 g/mol. The summed E-state index contributed by atoms with van der Waals surface area (Å²) in [6.45, 7) is 0. The molecule has 2 aromatic carbocycles. The van der Waals surface area contributed by atoms with Crippen molar-refractivity contribution in [2.45, 2.75) is 25.3 Å². The standard InChI is InChI=1S/C20H18N2O4/c23-19(22-25)14-8-9-15-12(10-14)5-3-6-16(15)21-20(24)18-11-13-4-1-2-7-17(13)26-18/h1-2,4,7-11,16,25H,3,5-6H2,(H,21,24)(H,22,23). The lowest BCUT2D eigenvalue weighted by Crippen LogP contribution is -2.31. The molecule has 1 aliphatic carbocycles. The van der Waals surface area contributed by atoms with E-state index in [0.717, 1.165) is 35.8 Å². The van der Waals surface area contributed by atoms with Crippen molar-refractivity contribution in [3.63, 3.8) is 0 Å². The summed E-state index contributed by atoms with van der Waals surface area (Å²) in [4.78, 5) is 24.2. The predicted octanol–water partition coefficient (Wildman–Crippen LogP) is 3.36. The Kier molecular flexibility index (Phi) is 4.18. The number of amides is 2. The van der Waals surface area contributed by atoms with Crippen LogP contribution < -0.4 is 10.8 Å². The molecule has 3 N–H and O–H groups in total. The van der Waals surface area contributed by atoms with Crippen molar-refractivity contribution < 1.29 is 19.2 Å². The SMILES string of the molecule is O=C(NO)c1ccc2c(c1)CCCC2NC(=O)c1cc2ccccc2o1. The molecule has 26 heavy (non-hydrogen) atoms. The van der Waals surface area contributed by atoms with Gasteiger partial charge in [0, 0.05) is 10.9 Å². The number of furan rings is 1. The summed E-state index contributed by atoms with van der Waals surface area (Å²) in [5.74, 6) is -0.507. The molecule has 0 saturated carbocycles. The van der Waals surface area contributed by atoms with Crippen LogP contribution in [0.1, 0.15) is 50.9 Å². The molecular formula is C20H18N2O4. The number of hydrogen-bond donors (Lipinski definition) is 3. The van der Waals surface area contributed by atoms with Crippen LogP contribution >= 0.6 is 0 Å². The molecule has 0 saturated heterocycles. The van der Waals surface area contributed by atoms with Crippen LogP contribution in [0.4, 0.5) is 0 Å². The van der Waals surface area contributed by atoms with Crippen molar-refractivity contribution in [2.24, 2.45) is 0 Å². The lowest BCUT2D eigenvalue weighted by Gasteiger charge is -2.26. The molecular weight excluding hydrogens is 332 g/mol. The Morgan fingerprint density at radius 3 is 2.73 bits per heavy atom. The summed E-state index contributed by atoms with van der Waals surface area (Å²) in [6.07, 6.45) is 2.56.